The molecule has 206 valence electrons. The maximum absolute atomic E-state index is 6.11. The van der Waals surface area contributed by atoms with E-state index in [0.717, 1.165) is 53.9 Å². The topological polar surface area (TPSA) is 43.4 Å². The minimum Gasteiger partial charge on any atom is -0.487 e. The zero-order valence-electron chi connectivity index (χ0n) is 24.3. The molecule has 0 saturated carbocycles. The van der Waals surface area contributed by atoms with Crippen molar-refractivity contribution in [1.29, 1.82) is 0 Å². The number of para-hydroxylation sites is 2. The number of aryl methyl sites for hydroxylation is 4. The molecular weight excluding hydrogens is 480 g/mol. The van der Waals surface area contributed by atoms with Gasteiger partial charge in [-0.25, -0.2) is 0 Å². The van der Waals surface area contributed by atoms with Crippen molar-refractivity contribution in [3.05, 3.63) is 119 Å². The van der Waals surface area contributed by atoms with E-state index in [1.54, 1.807) is 0 Å². The Morgan fingerprint density at radius 2 is 1.62 bits per heavy atom. The summed E-state index contributed by atoms with van der Waals surface area (Å²) in [5, 5.41) is 4.29. The van der Waals surface area contributed by atoms with Gasteiger partial charge in [-0.2, -0.15) is 0 Å². The van der Waals surface area contributed by atoms with Gasteiger partial charge in [0, 0.05) is 18.1 Å². The highest BCUT2D eigenvalue weighted by Gasteiger charge is 2.09. The molecule has 0 aliphatic rings. The average Bonchev–Trinajstić information content (AvgIpc) is 2.97. The number of fused-ring (bicyclic) bond motifs is 1. The number of pyridine rings is 1. The first-order valence-corrected chi connectivity index (χ1v) is 14.2. The van der Waals surface area contributed by atoms with Crippen LogP contribution in [0, 0.1) is 6.92 Å². The summed E-state index contributed by atoms with van der Waals surface area (Å²) >= 11 is 0. The number of nitrogens with one attached hydrogen (secondary N) is 1. The molecule has 39 heavy (non-hydrogen) atoms. The van der Waals surface area contributed by atoms with Gasteiger partial charge in [0.1, 0.15) is 12.4 Å². The lowest BCUT2D eigenvalue weighted by Gasteiger charge is -2.15. The molecule has 0 spiro atoms. The summed E-state index contributed by atoms with van der Waals surface area (Å²) in [6.45, 7) is 13.8. The lowest BCUT2D eigenvalue weighted by Crippen LogP contribution is -2.13. The molecule has 4 heteroatoms. The van der Waals surface area contributed by atoms with Crippen LogP contribution in [0.5, 0.6) is 5.75 Å². The Morgan fingerprint density at radius 1 is 0.846 bits per heavy atom. The van der Waals surface area contributed by atoms with Crippen LogP contribution in [0.4, 0.5) is 0 Å². The summed E-state index contributed by atoms with van der Waals surface area (Å²) in [6, 6.07) is 25.6. The molecule has 0 aliphatic carbocycles. The van der Waals surface area contributed by atoms with Gasteiger partial charge < -0.3 is 14.8 Å². The van der Waals surface area contributed by atoms with Crippen LogP contribution < -0.4 is 10.1 Å². The number of benzene rings is 3. The molecule has 0 radical (unpaired) electrons. The van der Waals surface area contributed by atoms with E-state index < -0.39 is 0 Å². The standard InChI is InChI=1S/C33H38N2O2.C2H6/c1-5-10-29-20-30(35-32-16-7-6-15-31(29)32)23-36-22-27-13-9-12-26(19-27)17-18-28-14-8-11-24(2)33(28)37-21-25(3)34-4;1-2/h6-9,11-16,19-20,34H,3,5,10,17-18,21-23H2,1-2,4H3;1-2H3. The Kier molecular flexibility index (Phi) is 12.0. The predicted molar refractivity (Wildman–Crippen MR) is 164 cm³/mol. The Bertz CT molecular complexity index is 1350. The van der Waals surface area contributed by atoms with Crippen LogP contribution in [-0.2, 0) is 37.2 Å². The van der Waals surface area contributed by atoms with Crippen molar-refractivity contribution in [1.82, 2.24) is 10.3 Å². The van der Waals surface area contributed by atoms with Gasteiger partial charge >= 0.3 is 0 Å². The summed E-state index contributed by atoms with van der Waals surface area (Å²) in [4.78, 5) is 4.83. The van der Waals surface area contributed by atoms with Crippen molar-refractivity contribution in [2.75, 3.05) is 13.7 Å². The van der Waals surface area contributed by atoms with Crippen LogP contribution in [0.3, 0.4) is 0 Å². The highest BCUT2D eigenvalue weighted by Crippen LogP contribution is 2.26. The van der Waals surface area contributed by atoms with Crippen LogP contribution in [0.1, 0.15) is 60.7 Å². The van der Waals surface area contributed by atoms with Crippen LogP contribution >= 0.6 is 0 Å². The molecule has 1 aromatic heterocycles. The van der Waals surface area contributed by atoms with Gasteiger partial charge in [-0.1, -0.05) is 94.4 Å². The number of aromatic nitrogens is 1. The van der Waals surface area contributed by atoms with E-state index in [2.05, 4.69) is 92.5 Å². The number of hydrogen-bond acceptors (Lipinski definition) is 4. The first kappa shape index (κ1) is 29.9. The SMILES string of the molecule is C=C(COc1c(C)cccc1CCc1cccc(COCc2cc(CCC)c3ccccc3n2)c1)NC.CC. The van der Waals surface area contributed by atoms with Crippen molar-refractivity contribution in [2.24, 2.45) is 0 Å². The van der Waals surface area contributed by atoms with E-state index in [0.29, 0.717) is 19.8 Å². The molecule has 4 aromatic rings. The van der Waals surface area contributed by atoms with Crippen molar-refractivity contribution < 1.29 is 9.47 Å². The predicted octanol–water partition coefficient (Wildman–Crippen LogP) is 8.14. The molecular formula is C35H44N2O2. The Balaban J connectivity index is 0.00000205. The van der Waals surface area contributed by atoms with E-state index in [9.17, 15) is 0 Å². The summed E-state index contributed by atoms with van der Waals surface area (Å²) in [7, 11) is 1.86. The fourth-order valence-electron chi connectivity index (χ4n) is 4.63. The van der Waals surface area contributed by atoms with Crippen LogP contribution in [-0.4, -0.2) is 18.6 Å². The molecule has 4 rings (SSSR count). The normalized spacial score (nSPS) is 10.6. The minimum atomic E-state index is 0.465. The molecule has 0 aliphatic heterocycles. The first-order chi connectivity index (χ1) is 19.1. The number of nitrogens with zero attached hydrogens (tertiary/aromatic N) is 1. The van der Waals surface area contributed by atoms with E-state index >= 15 is 0 Å². The van der Waals surface area contributed by atoms with Gasteiger partial charge in [-0.3, -0.25) is 4.98 Å². The zero-order chi connectivity index (χ0) is 28.0. The van der Waals surface area contributed by atoms with Gasteiger partial charge in [0.15, 0.2) is 0 Å². The molecule has 4 nitrogen and oxygen atoms in total. The number of ether oxygens (including phenoxy) is 2. The highest BCUT2D eigenvalue weighted by atomic mass is 16.5. The smallest absolute Gasteiger partial charge is 0.127 e. The van der Waals surface area contributed by atoms with Gasteiger partial charge in [0.2, 0.25) is 0 Å². The van der Waals surface area contributed by atoms with Gasteiger partial charge in [-0.15, -0.1) is 0 Å². The van der Waals surface area contributed by atoms with Gasteiger partial charge in [0.25, 0.3) is 0 Å². The van der Waals surface area contributed by atoms with Gasteiger partial charge in [-0.05, 0) is 66.1 Å². The highest BCUT2D eigenvalue weighted by molar-refractivity contribution is 5.82. The third-order valence-electron chi connectivity index (χ3n) is 6.61. The second-order valence-corrected chi connectivity index (χ2v) is 9.56. The van der Waals surface area contributed by atoms with Crippen LogP contribution in [0.25, 0.3) is 10.9 Å². The van der Waals surface area contributed by atoms with E-state index in [1.807, 2.05) is 27.0 Å². The lowest BCUT2D eigenvalue weighted by molar-refractivity contribution is 0.105. The number of rotatable bonds is 13. The molecule has 1 heterocycles. The van der Waals surface area contributed by atoms with E-state index in [-0.39, 0.29) is 0 Å². The van der Waals surface area contributed by atoms with E-state index in [4.69, 9.17) is 14.5 Å². The first-order valence-electron chi connectivity index (χ1n) is 14.2. The second kappa shape index (κ2) is 15.7. The van der Waals surface area contributed by atoms with Crippen molar-refractivity contribution in [3.8, 4) is 5.75 Å². The average molecular weight is 525 g/mol. The molecule has 0 fully saturated rings. The third kappa shape index (κ3) is 8.69. The Morgan fingerprint density at radius 3 is 2.41 bits per heavy atom. The molecule has 3 aromatic carbocycles. The quantitative estimate of drug-likeness (QED) is 0.192. The largest absolute Gasteiger partial charge is 0.487 e. The summed E-state index contributed by atoms with van der Waals surface area (Å²) in [6.07, 6.45) is 4.01. The second-order valence-electron chi connectivity index (χ2n) is 9.56. The minimum absolute atomic E-state index is 0.465. The molecule has 1 N–H and O–H groups in total. The fraction of sp³-hybridized carbons (Fsp3) is 0.343. The lowest BCUT2D eigenvalue weighted by atomic mass is 10.0. The van der Waals surface area contributed by atoms with Crippen LogP contribution in [0.15, 0.2) is 85.1 Å². The van der Waals surface area contributed by atoms with Gasteiger partial charge in [0.05, 0.1) is 24.4 Å². The molecule has 0 saturated heterocycles. The maximum atomic E-state index is 6.11. The number of likely N-dealkylation sites (N-methyl/N-ethyl adjacent to an activating group) is 1. The Hall–Kier alpha value is -3.63. The molecule has 0 atom stereocenters. The van der Waals surface area contributed by atoms with E-state index in [1.165, 1.54) is 27.6 Å². The molecule has 0 unspecified atom stereocenters. The zero-order valence-corrected chi connectivity index (χ0v) is 24.3. The summed E-state index contributed by atoms with van der Waals surface area (Å²) < 4.78 is 12.2. The van der Waals surface area contributed by atoms with Crippen LogP contribution in [0.2, 0.25) is 0 Å². The van der Waals surface area contributed by atoms with Crippen molar-refractivity contribution in [3.63, 3.8) is 0 Å². The molecule has 0 amide bonds. The third-order valence-corrected chi connectivity index (χ3v) is 6.61. The fourth-order valence-corrected chi connectivity index (χ4v) is 4.63. The molecule has 0 bridgehead atoms. The summed E-state index contributed by atoms with van der Waals surface area (Å²) in [5.74, 6) is 0.962. The monoisotopic (exact) mass is 524 g/mol. The Labute approximate surface area is 235 Å². The van der Waals surface area contributed by atoms with Crippen molar-refractivity contribution >= 4 is 10.9 Å². The number of hydrogen-bond donors (Lipinski definition) is 1. The van der Waals surface area contributed by atoms with Crippen molar-refractivity contribution in [2.45, 2.75) is 66.6 Å². The summed E-state index contributed by atoms with van der Waals surface area (Å²) in [5.41, 5.74) is 9.09. The maximum Gasteiger partial charge on any atom is 0.127 e.